The van der Waals surface area contributed by atoms with Crippen molar-refractivity contribution in [2.75, 3.05) is 5.32 Å². The van der Waals surface area contributed by atoms with E-state index in [-0.39, 0.29) is 12.1 Å². The van der Waals surface area contributed by atoms with Gasteiger partial charge in [0.25, 0.3) is 0 Å². The van der Waals surface area contributed by atoms with Gasteiger partial charge in [-0.1, -0.05) is 30.3 Å². The van der Waals surface area contributed by atoms with Crippen molar-refractivity contribution in [2.45, 2.75) is 12.5 Å². The number of benzene rings is 2. The first-order valence-electron chi connectivity index (χ1n) is 5.95. The zero-order valence-corrected chi connectivity index (χ0v) is 10.4. The number of nitrogens with zero attached hydrogens (tertiary/aromatic N) is 1. The van der Waals surface area contributed by atoms with Gasteiger partial charge in [0.15, 0.2) is 17.5 Å². The highest BCUT2D eigenvalue weighted by Gasteiger charge is 2.17. The monoisotopic (exact) mass is 276 g/mol. The summed E-state index contributed by atoms with van der Waals surface area (Å²) in [6.45, 7) is 0. The van der Waals surface area contributed by atoms with Crippen molar-refractivity contribution >= 4 is 5.69 Å². The number of nitrogens with one attached hydrogen (secondary N) is 1. The van der Waals surface area contributed by atoms with Crippen molar-refractivity contribution in [3.8, 4) is 6.07 Å². The molecule has 0 aliphatic heterocycles. The molecule has 0 heterocycles. The third-order valence-corrected chi connectivity index (χ3v) is 2.86. The summed E-state index contributed by atoms with van der Waals surface area (Å²) < 4.78 is 39.7. The second-order valence-corrected chi connectivity index (χ2v) is 4.19. The molecule has 2 nitrogen and oxygen atoms in total. The minimum Gasteiger partial charge on any atom is -0.375 e. The lowest BCUT2D eigenvalue weighted by Gasteiger charge is -2.18. The van der Waals surface area contributed by atoms with Gasteiger partial charge in [-0.05, 0) is 17.7 Å². The number of hydrogen-bond acceptors (Lipinski definition) is 2. The molecule has 0 amide bonds. The lowest BCUT2D eigenvalue weighted by molar-refractivity contribution is 0.448. The zero-order chi connectivity index (χ0) is 14.5. The van der Waals surface area contributed by atoms with Crippen molar-refractivity contribution in [3.05, 3.63) is 65.5 Å². The molecule has 1 unspecified atom stereocenters. The maximum absolute atomic E-state index is 13.6. The summed E-state index contributed by atoms with van der Waals surface area (Å²) in [5.41, 5.74) is 0.589. The first-order chi connectivity index (χ1) is 9.63. The molecule has 0 aliphatic carbocycles. The third kappa shape index (κ3) is 2.91. The predicted molar refractivity (Wildman–Crippen MR) is 69.4 cm³/mol. The van der Waals surface area contributed by atoms with Gasteiger partial charge in [0.2, 0.25) is 0 Å². The van der Waals surface area contributed by atoms with Crippen LogP contribution in [0.1, 0.15) is 18.0 Å². The summed E-state index contributed by atoms with van der Waals surface area (Å²) in [6.07, 6.45) is 0.0719. The van der Waals surface area contributed by atoms with E-state index in [0.29, 0.717) is 0 Å². The number of hydrogen-bond donors (Lipinski definition) is 1. The molecule has 0 fully saturated rings. The molecule has 0 radical (unpaired) electrons. The van der Waals surface area contributed by atoms with E-state index in [4.69, 9.17) is 5.26 Å². The molecule has 5 heteroatoms. The van der Waals surface area contributed by atoms with Crippen molar-refractivity contribution in [1.29, 1.82) is 5.26 Å². The van der Waals surface area contributed by atoms with Gasteiger partial charge in [0.05, 0.1) is 24.2 Å². The largest absolute Gasteiger partial charge is 0.375 e. The second kappa shape index (κ2) is 6.11. The highest BCUT2D eigenvalue weighted by Crippen LogP contribution is 2.26. The Morgan fingerprint density at radius 2 is 1.70 bits per heavy atom. The van der Waals surface area contributed by atoms with Gasteiger partial charge in [0.1, 0.15) is 0 Å². The van der Waals surface area contributed by atoms with Crippen LogP contribution in [0.3, 0.4) is 0 Å². The number of halogens is 3. The van der Waals surface area contributed by atoms with Gasteiger partial charge in [-0.15, -0.1) is 0 Å². The van der Waals surface area contributed by atoms with E-state index in [0.717, 1.165) is 17.7 Å². The van der Waals surface area contributed by atoms with Gasteiger partial charge in [-0.25, -0.2) is 13.2 Å². The molecule has 2 aromatic carbocycles. The van der Waals surface area contributed by atoms with Crippen LogP contribution in [0.5, 0.6) is 0 Å². The van der Waals surface area contributed by atoms with E-state index >= 15 is 0 Å². The Morgan fingerprint density at radius 3 is 2.35 bits per heavy atom. The van der Waals surface area contributed by atoms with Gasteiger partial charge in [0, 0.05) is 0 Å². The molecular weight excluding hydrogens is 265 g/mol. The first kappa shape index (κ1) is 13.9. The fourth-order valence-electron chi connectivity index (χ4n) is 1.85. The predicted octanol–water partition coefficient (Wildman–Crippen LogP) is 4.17. The van der Waals surface area contributed by atoms with Gasteiger partial charge in [-0.3, -0.25) is 0 Å². The summed E-state index contributed by atoms with van der Waals surface area (Å²) in [5, 5.41) is 11.6. The quantitative estimate of drug-likeness (QED) is 0.851. The molecule has 2 aromatic rings. The van der Waals surface area contributed by atoms with Crippen LogP contribution in [-0.2, 0) is 0 Å². The molecule has 2 rings (SSSR count). The molecule has 0 aromatic heterocycles. The molecule has 1 N–H and O–H groups in total. The maximum Gasteiger partial charge on any atom is 0.196 e. The highest BCUT2D eigenvalue weighted by atomic mass is 19.2. The Bertz CT molecular complexity index is 636. The van der Waals surface area contributed by atoms with Gasteiger partial charge >= 0.3 is 0 Å². The lowest BCUT2D eigenvalue weighted by Crippen LogP contribution is -2.12. The zero-order valence-electron chi connectivity index (χ0n) is 10.4. The fraction of sp³-hybridized carbons (Fsp3) is 0.133. The van der Waals surface area contributed by atoms with E-state index in [1.165, 1.54) is 0 Å². The summed E-state index contributed by atoms with van der Waals surface area (Å²) in [5.74, 6) is -4.06. The van der Waals surface area contributed by atoms with E-state index in [9.17, 15) is 13.2 Å². The summed E-state index contributed by atoms with van der Waals surface area (Å²) in [7, 11) is 0. The lowest BCUT2D eigenvalue weighted by atomic mass is 10.0. The van der Waals surface area contributed by atoms with Crippen LogP contribution in [0.25, 0.3) is 0 Å². The summed E-state index contributed by atoms with van der Waals surface area (Å²) >= 11 is 0. The average Bonchev–Trinajstić information content (AvgIpc) is 2.48. The van der Waals surface area contributed by atoms with E-state index in [1.807, 2.05) is 12.1 Å². The standard InChI is InChI=1S/C15H11F3N2/c16-11-6-7-13(15(18)14(11)17)20-12(8-9-19)10-4-2-1-3-5-10/h1-7,12,20H,8H2. The van der Waals surface area contributed by atoms with Crippen LogP contribution in [0.2, 0.25) is 0 Å². The Morgan fingerprint density at radius 1 is 1.00 bits per heavy atom. The molecule has 0 saturated heterocycles. The topological polar surface area (TPSA) is 35.8 Å². The molecule has 0 saturated carbocycles. The van der Waals surface area contributed by atoms with Crippen LogP contribution < -0.4 is 5.32 Å². The number of anilines is 1. The Balaban J connectivity index is 2.30. The second-order valence-electron chi connectivity index (χ2n) is 4.19. The summed E-state index contributed by atoms with van der Waals surface area (Å²) in [4.78, 5) is 0. The average molecular weight is 276 g/mol. The Hall–Kier alpha value is -2.48. The SMILES string of the molecule is N#CCC(Nc1ccc(F)c(F)c1F)c1ccccc1. The van der Waals surface area contributed by atoms with E-state index in [1.54, 1.807) is 24.3 Å². The molecule has 0 aliphatic rings. The molecule has 0 bridgehead atoms. The molecular formula is C15H11F3N2. The van der Waals surface area contributed by atoms with Crippen molar-refractivity contribution in [1.82, 2.24) is 0 Å². The van der Waals surface area contributed by atoms with Crippen molar-refractivity contribution in [3.63, 3.8) is 0 Å². The maximum atomic E-state index is 13.6. The minimum atomic E-state index is -1.53. The Labute approximate surface area is 114 Å². The van der Waals surface area contributed by atoms with Crippen molar-refractivity contribution in [2.24, 2.45) is 0 Å². The van der Waals surface area contributed by atoms with Gasteiger partial charge < -0.3 is 5.32 Å². The number of rotatable bonds is 4. The Kier molecular flexibility index (Phi) is 4.26. The smallest absolute Gasteiger partial charge is 0.196 e. The summed E-state index contributed by atoms with van der Waals surface area (Å²) in [6, 6.07) is 12.3. The normalized spacial score (nSPS) is 11.7. The third-order valence-electron chi connectivity index (χ3n) is 2.86. The molecule has 20 heavy (non-hydrogen) atoms. The van der Waals surface area contributed by atoms with Crippen LogP contribution in [0, 0.1) is 28.8 Å². The van der Waals surface area contributed by atoms with E-state index in [2.05, 4.69) is 5.32 Å². The highest BCUT2D eigenvalue weighted by molar-refractivity contribution is 5.47. The van der Waals surface area contributed by atoms with Crippen LogP contribution in [0.4, 0.5) is 18.9 Å². The number of nitriles is 1. The molecule has 1 atom stereocenters. The fourth-order valence-corrected chi connectivity index (χ4v) is 1.85. The minimum absolute atomic E-state index is 0.0719. The van der Waals surface area contributed by atoms with Crippen molar-refractivity contribution < 1.29 is 13.2 Å². The molecule has 0 spiro atoms. The van der Waals surface area contributed by atoms with Crippen LogP contribution in [0.15, 0.2) is 42.5 Å². The first-order valence-corrected chi connectivity index (χ1v) is 5.95. The van der Waals surface area contributed by atoms with Gasteiger partial charge in [-0.2, -0.15) is 5.26 Å². The van der Waals surface area contributed by atoms with Crippen LogP contribution in [-0.4, -0.2) is 0 Å². The van der Waals surface area contributed by atoms with E-state index < -0.39 is 23.5 Å². The molecule has 102 valence electrons. The van der Waals surface area contributed by atoms with Crippen LogP contribution >= 0.6 is 0 Å².